The largest absolute Gasteiger partial charge is 0.459 e. The number of halogens is 3. The van der Waals surface area contributed by atoms with Crippen molar-refractivity contribution in [2.75, 3.05) is 0 Å². The van der Waals surface area contributed by atoms with Crippen LogP contribution in [0.2, 0.25) is 0 Å². The Balaban J connectivity index is 1.78. The van der Waals surface area contributed by atoms with E-state index in [1.165, 1.54) is 6.26 Å². The molecule has 0 aliphatic carbocycles. The average molecular weight is 340 g/mol. The van der Waals surface area contributed by atoms with Crippen LogP contribution in [0.5, 0.6) is 0 Å². The molecule has 0 saturated carbocycles. The Morgan fingerprint density at radius 3 is 2.50 bits per heavy atom. The molecule has 1 aromatic carbocycles. The van der Waals surface area contributed by atoms with Crippen LogP contribution in [0.3, 0.4) is 0 Å². The van der Waals surface area contributed by atoms with Crippen molar-refractivity contribution in [3.05, 3.63) is 64.3 Å². The predicted octanol–water partition coefficient (Wildman–Crippen LogP) is 2.85. The minimum atomic E-state index is -4.45. The molecule has 2 aromatic heterocycles. The van der Waals surface area contributed by atoms with E-state index in [9.17, 15) is 23.1 Å². The van der Waals surface area contributed by atoms with E-state index < -0.39 is 23.6 Å². The summed E-state index contributed by atoms with van der Waals surface area (Å²) in [6, 6.07) is 7.14. The summed E-state index contributed by atoms with van der Waals surface area (Å²) in [5.41, 5.74) is -0.602. The van der Waals surface area contributed by atoms with Crippen molar-refractivity contribution in [2.24, 2.45) is 0 Å². The molecule has 3 aromatic rings. The van der Waals surface area contributed by atoms with Crippen molar-refractivity contribution < 1.29 is 27.1 Å². The number of nitrogens with zero attached hydrogens (tertiary/aromatic N) is 2. The third-order valence-corrected chi connectivity index (χ3v) is 3.31. The second-order valence-corrected chi connectivity index (χ2v) is 4.97. The van der Waals surface area contributed by atoms with Crippen molar-refractivity contribution in [1.29, 1.82) is 0 Å². The summed E-state index contributed by atoms with van der Waals surface area (Å²) in [7, 11) is 0. The number of rotatable bonds is 4. The van der Waals surface area contributed by atoms with Gasteiger partial charge in [-0.25, -0.2) is 4.79 Å². The lowest BCUT2D eigenvalue weighted by molar-refractivity contribution is -0.137. The Morgan fingerprint density at radius 2 is 1.92 bits per heavy atom. The highest BCUT2D eigenvalue weighted by Gasteiger charge is 2.30. The van der Waals surface area contributed by atoms with E-state index in [-0.39, 0.29) is 23.8 Å². The Hall–Kier alpha value is -2.81. The van der Waals surface area contributed by atoms with Gasteiger partial charge in [0.25, 0.3) is 5.89 Å². The number of hydrogen-bond donors (Lipinski definition) is 1. The fourth-order valence-electron chi connectivity index (χ4n) is 2.08. The van der Waals surface area contributed by atoms with Gasteiger partial charge in [0.15, 0.2) is 5.76 Å². The summed E-state index contributed by atoms with van der Waals surface area (Å²) in [6.45, 7) is -0.269. The van der Waals surface area contributed by atoms with E-state index >= 15 is 0 Å². The number of aliphatic hydroxyl groups excluding tert-OH is 1. The number of alkyl halides is 3. The van der Waals surface area contributed by atoms with Gasteiger partial charge >= 0.3 is 11.9 Å². The van der Waals surface area contributed by atoms with Crippen molar-refractivity contribution in [3.63, 3.8) is 0 Å². The van der Waals surface area contributed by atoms with Crippen LogP contribution < -0.4 is 5.76 Å². The molecule has 0 bridgehead atoms. The van der Waals surface area contributed by atoms with E-state index in [4.69, 9.17) is 8.83 Å². The zero-order valence-corrected chi connectivity index (χ0v) is 12.0. The van der Waals surface area contributed by atoms with E-state index in [2.05, 4.69) is 5.10 Å². The smallest absolute Gasteiger partial charge is 0.437 e. The van der Waals surface area contributed by atoms with Crippen molar-refractivity contribution >= 4 is 0 Å². The molecule has 24 heavy (non-hydrogen) atoms. The normalized spacial score (nSPS) is 13.2. The quantitative estimate of drug-likeness (QED) is 0.790. The second kappa shape index (κ2) is 6.00. The first-order chi connectivity index (χ1) is 11.3. The van der Waals surface area contributed by atoms with Gasteiger partial charge in [-0.15, -0.1) is 5.10 Å². The number of aromatic nitrogens is 2. The molecule has 0 unspecified atom stereocenters. The topological polar surface area (TPSA) is 81.4 Å². The molecule has 0 radical (unpaired) electrons. The summed E-state index contributed by atoms with van der Waals surface area (Å²) >= 11 is 0. The molecule has 0 aliphatic rings. The molecule has 0 aliphatic heterocycles. The van der Waals surface area contributed by atoms with Crippen LogP contribution in [-0.4, -0.2) is 14.9 Å². The monoisotopic (exact) mass is 340 g/mol. The lowest BCUT2D eigenvalue weighted by atomic mass is 10.1. The van der Waals surface area contributed by atoms with Crippen LogP contribution in [-0.2, 0) is 12.7 Å². The zero-order valence-electron chi connectivity index (χ0n) is 12.0. The molecule has 0 fully saturated rings. The molecular weight excluding hydrogens is 329 g/mol. The van der Waals surface area contributed by atoms with E-state index in [0.29, 0.717) is 0 Å². The highest BCUT2D eigenvalue weighted by Crippen LogP contribution is 2.30. The molecule has 6 nitrogen and oxygen atoms in total. The Bertz CT molecular complexity index is 864. The maximum Gasteiger partial charge on any atom is 0.437 e. The molecule has 0 saturated heterocycles. The Kier molecular flexibility index (Phi) is 4.02. The highest BCUT2D eigenvalue weighted by atomic mass is 19.4. The van der Waals surface area contributed by atoms with Crippen LogP contribution in [0, 0.1) is 0 Å². The fraction of sp³-hybridized carbons (Fsp3) is 0.200. The van der Waals surface area contributed by atoms with Gasteiger partial charge < -0.3 is 13.9 Å². The summed E-state index contributed by atoms with van der Waals surface area (Å²) < 4.78 is 48.4. The van der Waals surface area contributed by atoms with Crippen LogP contribution in [0.15, 0.2) is 56.3 Å². The Labute approximate surface area is 132 Å². The van der Waals surface area contributed by atoms with Gasteiger partial charge in [0, 0.05) is 0 Å². The van der Waals surface area contributed by atoms with Gasteiger partial charge in [0.2, 0.25) is 0 Å². The molecule has 126 valence electrons. The van der Waals surface area contributed by atoms with Crippen LogP contribution >= 0.6 is 0 Å². The molecule has 1 N–H and O–H groups in total. The van der Waals surface area contributed by atoms with Crippen molar-refractivity contribution in [2.45, 2.75) is 18.8 Å². The van der Waals surface area contributed by atoms with Gasteiger partial charge in [0.1, 0.15) is 0 Å². The molecule has 2 heterocycles. The standard InChI is InChI=1S/C15H11F3N2O4/c16-15(17,18)10-5-3-9(4-6-10)11(21)8-20-14(22)24-13(19-20)12-2-1-7-23-12/h1-7,11,21H,8H2/t11-/m1/s1. The first-order valence-electron chi connectivity index (χ1n) is 6.81. The number of furan rings is 1. The number of aliphatic hydroxyl groups is 1. The van der Waals surface area contributed by atoms with Crippen LogP contribution in [0.25, 0.3) is 11.7 Å². The minimum absolute atomic E-state index is 0.0513. The minimum Gasteiger partial charge on any atom is -0.459 e. The Morgan fingerprint density at radius 1 is 1.21 bits per heavy atom. The average Bonchev–Trinajstić information content (AvgIpc) is 3.17. The SMILES string of the molecule is O=c1oc(-c2ccco2)nn1C[C@@H](O)c1ccc(C(F)(F)F)cc1. The molecule has 0 amide bonds. The van der Waals surface area contributed by atoms with Gasteiger partial charge in [-0.1, -0.05) is 12.1 Å². The summed E-state index contributed by atoms with van der Waals surface area (Å²) in [5, 5.41) is 14.0. The van der Waals surface area contributed by atoms with Crippen LogP contribution in [0.4, 0.5) is 13.2 Å². The summed E-state index contributed by atoms with van der Waals surface area (Å²) in [6.07, 6.45) is -4.30. The van der Waals surface area contributed by atoms with Gasteiger partial charge in [0.05, 0.1) is 24.5 Å². The number of benzene rings is 1. The molecular formula is C15H11F3N2O4. The first kappa shape index (κ1) is 16.1. The maximum atomic E-state index is 12.5. The number of hydrogen-bond acceptors (Lipinski definition) is 5. The van der Waals surface area contributed by atoms with Crippen molar-refractivity contribution in [1.82, 2.24) is 9.78 Å². The second-order valence-electron chi connectivity index (χ2n) is 4.97. The van der Waals surface area contributed by atoms with E-state index in [1.807, 2.05) is 0 Å². The van der Waals surface area contributed by atoms with E-state index in [0.717, 1.165) is 28.9 Å². The zero-order chi connectivity index (χ0) is 17.3. The molecule has 9 heteroatoms. The van der Waals surface area contributed by atoms with Crippen molar-refractivity contribution in [3.8, 4) is 11.7 Å². The summed E-state index contributed by atoms with van der Waals surface area (Å²) in [5.74, 6) is -0.619. The first-order valence-corrected chi connectivity index (χ1v) is 6.81. The lowest BCUT2D eigenvalue weighted by Crippen LogP contribution is -2.20. The fourth-order valence-corrected chi connectivity index (χ4v) is 2.08. The highest BCUT2D eigenvalue weighted by molar-refractivity contribution is 5.42. The summed E-state index contributed by atoms with van der Waals surface area (Å²) in [4.78, 5) is 11.7. The predicted molar refractivity (Wildman–Crippen MR) is 74.9 cm³/mol. The third-order valence-electron chi connectivity index (χ3n) is 3.31. The molecule has 3 rings (SSSR count). The molecule has 1 atom stereocenters. The van der Waals surface area contributed by atoms with E-state index in [1.54, 1.807) is 12.1 Å². The lowest BCUT2D eigenvalue weighted by Gasteiger charge is -2.12. The molecule has 0 spiro atoms. The maximum absolute atomic E-state index is 12.5. The van der Waals surface area contributed by atoms with Gasteiger partial charge in [-0.05, 0) is 29.8 Å². The third kappa shape index (κ3) is 3.25. The van der Waals surface area contributed by atoms with Crippen LogP contribution in [0.1, 0.15) is 17.2 Å². The van der Waals surface area contributed by atoms with Gasteiger partial charge in [-0.3, -0.25) is 0 Å². The van der Waals surface area contributed by atoms with Gasteiger partial charge in [-0.2, -0.15) is 17.9 Å².